The average molecular weight is 331 g/mol. The van der Waals surface area contributed by atoms with Crippen molar-refractivity contribution >= 4 is 28.9 Å². The maximum absolute atomic E-state index is 11.9. The highest BCUT2D eigenvalue weighted by Gasteiger charge is 2.32. The van der Waals surface area contributed by atoms with Crippen LogP contribution in [0.25, 0.3) is 0 Å². The van der Waals surface area contributed by atoms with Crippen molar-refractivity contribution in [2.75, 3.05) is 0 Å². The third-order valence-electron chi connectivity index (χ3n) is 1.59. The van der Waals surface area contributed by atoms with Crippen LogP contribution >= 0.6 is 22.6 Å². The molecule has 0 N–H and O–H groups in total. The topological polar surface area (TPSA) is 39.2 Å². The van der Waals surface area contributed by atoms with E-state index in [2.05, 4.69) is 9.72 Å². The van der Waals surface area contributed by atoms with E-state index in [1.54, 1.807) is 22.6 Å². The van der Waals surface area contributed by atoms with Gasteiger partial charge in [-0.05, 0) is 35.1 Å². The second-order valence-corrected chi connectivity index (χ2v) is 3.69. The molecule has 0 saturated carbocycles. The Kier molecular flexibility index (Phi) is 3.53. The van der Waals surface area contributed by atoms with Crippen molar-refractivity contribution in [3.8, 4) is 5.75 Å². The number of aromatic nitrogens is 1. The summed E-state index contributed by atoms with van der Waals surface area (Å²) >= 11 is 1.67. The minimum atomic E-state index is -4.75. The Morgan fingerprint density at radius 1 is 1.53 bits per heavy atom. The highest BCUT2D eigenvalue weighted by atomic mass is 127. The van der Waals surface area contributed by atoms with Gasteiger partial charge in [-0.25, -0.2) is 4.98 Å². The average Bonchev–Trinajstić information content (AvgIpc) is 2.11. The van der Waals surface area contributed by atoms with Crippen LogP contribution in [0.4, 0.5) is 13.2 Å². The fourth-order valence-electron chi connectivity index (χ4n) is 0.894. The number of ether oxygens (including phenoxy) is 1. The molecule has 0 aliphatic rings. The van der Waals surface area contributed by atoms with Gasteiger partial charge in [0.2, 0.25) is 0 Å². The normalized spacial score (nSPS) is 11.3. The van der Waals surface area contributed by atoms with E-state index < -0.39 is 12.1 Å². The van der Waals surface area contributed by atoms with Crippen molar-refractivity contribution in [2.24, 2.45) is 0 Å². The first-order chi connectivity index (χ1) is 6.85. The monoisotopic (exact) mass is 331 g/mol. The molecule has 0 aliphatic carbocycles. The van der Waals surface area contributed by atoms with Crippen LogP contribution in [0, 0.1) is 10.5 Å². The van der Waals surface area contributed by atoms with Crippen molar-refractivity contribution in [3.05, 3.63) is 21.0 Å². The number of pyridine rings is 1. The molecule has 1 aromatic heterocycles. The number of carbonyl (C=O) groups is 1. The van der Waals surface area contributed by atoms with Crippen LogP contribution in [-0.4, -0.2) is 17.6 Å². The molecule has 0 bridgehead atoms. The zero-order chi connectivity index (χ0) is 11.6. The van der Waals surface area contributed by atoms with E-state index in [0.29, 0.717) is 11.8 Å². The van der Waals surface area contributed by atoms with Crippen LogP contribution in [0.3, 0.4) is 0 Å². The lowest BCUT2D eigenvalue weighted by atomic mass is 10.2. The summed E-state index contributed by atoms with van der Waals surface area (Å²) in [5.41, 5.74) is 0.473. The first-order valence-corrected chi connectivity index (χ1v) is 4.79. The van der Waals surface area contributed by atoms with Gasteiger partial charge in [-0.15, -0.1) is 13.2 Å². The smallest absolute Gasteiger partial charge is 0.403 e. The molecule has 7 heteroatoms. The molecule has 0 fully saturated rings. The molecule has 3 nitrogen and oxygen atoms in total. The van der Waals surface area contributed by atoms with Gasteiger partial charge in [0.25, 0.3) is 0 Å². The molecule has 0 saturated heterocycles. The Morgan fingerprint density at radius 3 is 2.60 bits per heavy atom. The van der Waals surface area contributed by atoms with Crippen LogP contribution in [0.1, 0.15) is 16.1 Å². The molecular formula is C8H5F3INO2. The summed E-state index contributed by atoms with van der Waals surface area (Å²) in [5.74, 6) is -0.397. The van der Waals surface area contributed by atoms with E-state index in [-0.39, 0.29) is 9.26 Å². The van der Waals surface area contributed by atoms with Crippen LogP contribution in [0.2, 0.25) is 0 Å². The Hall–Kier alpha value is -0.860. The molecule has 15 heavy (non-hydrogen) atoms. The van der Waals surface area contributed by atoms with Crippen LogP contribution in [-0.2, 0) is 0 Å². The van der Waals surface area contributed by atoms with Gasteiger partial charge in [-0.1, -0.05) is 0 Å². The predicted octanol–water partition coefficient (Wildman–Crippen LogP) is 2.71. The van der Waals surface area contributed by atoms with Crippen molar-refractivity contribution in [2.45, 2.75) is 13.3 Å². The van der Waals surface area contributed by atoms with Crippen LogP contribution in [0.5, 0.6) is 5.75 Å². The van der Waals surface area contributed by atoms with Gasteiger partial charge >= 0.3 is 6.36 Å². The Balaban J connectivity index is 3.12. The molecule has 0 spiro atoms. The molecule has 0 aliphatic heterocycles. The lowest BCUT2D eigenvalue weighted by Gasteiger charge is -2.11. The van der Waals surface area contributed by atoms with Gasteiger partial charge in [-0.2, -0.15) is 0 Å². The number of alkyl halides is 3. The van der Waals surface area contributed by atoms with Gasteiger partial charge in [0.05, 0.1) is 9.77 Å². The molecule has 0 unspecified atom stereocenters. The van der Waals surface area contributed by atoms with Gasteiger partial charge in [-0.3, -0.25) is 4.79 Å². The fourth-order valence-corrected chi connectivity index (χ4v) is 1.42. The highest BCUT2D eigenvalue weighted by molar-refractivity contribution is 14.1. The van der Waals surface area contributed by atoms with Gasteiger partial charge in [0, 0.05) is 0 Å². The number of rotatable bonds is 2. The van der Waals surface area contributed by atoms with E-state index in [1.807, 2.05) is 0 Å². The van der Waals surface area contributed by atoms with E-state index in [0.717, 1.165) is 6.20 Å². The number of halogens is 4. The first kappa shape index (κ1) is 12.2. The lowest BCUT2D eigenvalue weighted by molar-refractivity contribution is -0.275. The minimum absolute atomic E-state index is 0.105. The van der Waals surface area contributed by atoms with Crippen molar-refractivity contribution < 1.29 is 22.7 Å². The Morgan fingerprint density at radius 2 is 2.13 bits per heavy atom. The number of hydrogen-bond donors (Lipinski definition) is 0. The third-order valence-corrected chi connectivity index (χ3v) is 2.93. The minimum Gasteiger partial charge on any atom is -0.403 e. The molecule has 0 amide bonds. The molecule has 0 radical (unpaired) electrons. The molecule has 82 valence electrons. The van der Waals surface area contributed by atoms with E-state index >= 15 is 0 Å². The fraction of sp³-hybridized carbons (Fsp3) is 0.250. The lowest BCUT2D eigenvalue weighted by Crippen LogP contribution is -2.18. The molecule has 1 rings (SSSR count). The first-order valence-electron chi connectivity index (χ1n) is 3.71. The number of carbonyl (C=O) groups excluding carboxylic acids is 1. The summed E-state index contributed by atoms with van der Waals surface area (Å²) < 4.78 is 39.7. The largest absolute Gasteiger partial charge is 0.573 e. The summed E-state index contributed by atoms with van der Waals surface area (Å²) in [6.45, 7) is 1.50. The number of aldehydes is 1. The van der Waals surface area contributed by atoms with Crippen LogP contribution < -0.4 is 4.74 Å². The second kappa shape index (κ2) is 4.33. The van der Waals surface area contributed by atoms with E-state index in [4.69, 9.17) is 0 Å². The van der Waals surface area contributed by atoms with Gasteiger partial charge in [0.1, 0.15) is 5.69 Å². The Labute approximate surface area is 96.8 Å². The van der Waals surface area contributed by atoms with Crippen molar-refractivity contribution in [1.82, 2.24) is 4.98 Å². The zero-order valence-corrected chi connectivity index (χ0v) is 9.59. The molecular weight excluding hydrogens is 326 g/mol. The molecule has 0 atom stereocenters. The maximum atomic E-state index is 11.9. The molecule has 1 heterocycles. The predicted molar refractivity (Wildman–Crippen MR) is 53.8 cm³/mol. The van der Waals surface area contributed by atoms with Gasteiger partial charge in [0.15, 0.2) is 12.0 Å². The number of hydrogen-bond acceptors (Lipinski definition) is 3. The standard InChI is InChI=1S/C8H5F3INO2/c1-4-5(3-14)13-2-6(7(4)12)15-8(9,10)11/h2-3H,1H3. The highest BCUT2D eigenvalue weighted by Crippen LogP contribution is 2.29. The summed E-state index contributed by atoms with van der Waals surface area (Å²) in [6, 6.07) is 0. The number of nitrogens with zero attached hydrogens (tertiary/aromatic N) is 1. The van der Waals surface area contributed by atoms with Gasteiger partial charge < -0.3 is 4.74 Å². The molecule has 0 aromatic carbocycles. The quantitative estimate of drug-likeness (QED) is 0.618. The van der Waals surface area contributed by atoms with Crippen molar-refractivity contribution in [3.63, 3.8) is 0 Å². The van der Waals surface area contributed by atoms with Crippen molar-refractivity contribution in [1.29, 1.82) is 0 Å². The summed E-state index contributed by atoms with van der Waals surface area (Å²) in [5, 5.41) is 0. The SMILES string of the molecule is Cc1c(C=O)ncc(OC(F)(F)F)c1I. The summed E-state index contributed by atoms with van der Waals surface area (Å²) in [6.07, 6.45) is -3.39. The second-order valence-electron chi connectivity index (χ2n) is 2.61. The maximum Gasteiger partial charge on any atom is 0.573 e. The van der Waals surface area contributed by atoms with E-state index in [1.165, 1.54) is 6.92 Å². The Bertz CT molecular complexity index is 392. The third kappa shape index (κ3) is 3.05. The summed E-state index contributed by atoms with van der Waals surface area (Å²) in [4.78, 5) is 14.0. The van der Waals surface area contributed by atoms with Crippen LogP contribution in [0.15, 0.2) is 6.20 Å². The summed E-state index contributed by atoms with van der Waals surface area (Å²) in [7, 11) is 0. The molecule has 1 aromatic rings. The zero-order valence-electron chi connectivity index (χ0n) is 7.43. The van der Waals surface area contributed by atoms with E-state index in [9.17, 15) is 18.0 Å².